The van der Waals surface area contributed by atoms with Crippen molar-refractivity contribution in [3.05, 3.63) is 93.9 Å². The lowest BCUT2D eigenvalue weighted by Crippen LogP contribution is -2.18. The molecule has 0 spiro atoms. The molecule has 7 nitrogen and oxygen atoms in total. The second-order valence-electron chi connectivity index (χ2n) is 6.25. The van der Waals surface area contributed by atoms with Crippen LogP contribution in [0.2, 0.25) is 0 Å². The molecular formula is C20H18N2O5S. The number of carbonyl (C=O) groups is 1. The van der Waals surface area contributed by atoms with Gasteiger partial charge >= 0.3 is 5.97 Å². The first kappa shape index (κ1) is 19.4. The fraction of sp³-hybridized carbons (Fsp3) is 0.100. The molecule has 0 unspecified atom stereocenters. The van der Waals surface area contributed by atoms with Crippen LogP contribution in [0.5, 0.6) is 0 Å². The number of rotatable bonds is 6. The molecule has 0 saturated carbocycles. The molecule has 0 aliphatic heterocycles. The van der Waals surface area contributed by atoms with E-state index in [0.717, 1.165) is 11.6 Å². The molecule has 8 heteroatoms. The van der Waals surface area contributed by atoms with Crippen LogP contribution in [0.3, 0.4) is 0 Å². The van der Waals surface area contributed by atoms with Crippen molar-refractivity contribution in [3.8, 4) is 0 Å². The van der Waals surface area contributed by atoms with Gasteiger partial charge in [0.15, 0.2) is 0 Å². The molecule has 144 valence electrons. The number of hydrogen-bond acceptors (Lipinski definition) is 4. The third-order valence-electron chi connectivity index (χ3n) is 4.18. The number of aromatic nitrogens is 1. The average Bonchev–Trinajstić information content (AvgIpc) is 2.65. The van der Waals surface area contributed by atoms with E-state index in [1.807, 2.05) is 0 Å². The summed E-state index contributed by atoms with van der Waals surface area (Å²) in [5.74, 6) is -1.20. The summed E-state index contributed by atoms with van der Waals surface area (Å²) in [6.07, 6.45) is 1.68. The maximum atomic E-state index is 12.7. The summed E-state index contributed by atoms with van der Waals surface area (Å²) in [4.78, 5) is 22.8. The van der Waals surface area contributed by atoms with Gasteiger partial charge in [-0.1, -0.05) is 24.3 Å². The van der Waals surface area contributed by atoms with Crippen molar-refractivity contribution in [2.75, 3.05) is 4.72 Å². The van der Waals surface area contributed by atoms with Gasteiger partial charge in [0.05, 0.1) is 17.0 Å². The molecular weight excluding hydrogens is 380 g/mol. The van der Waals surface area contributed by atoms with Crippen molar-refractivity contribution in [2.24, 2.45) is 0 Å². The van der Waals surface area contributed by atoms with Crippen LogP contribution >= 0.6 is 0 Å². The summed E-state index contributed by atoms with van der Waals surface area (Å²) in [5.41, 5.74) is 1.39. The van der Waals surface area contributed by atoms with Gasteiger partial charge in [-0.3, -0.25) is 9.52 Å². The number of aryl methyl sites for hydroxylation is 1. The lowest BCUT2D eigenvalue weighted by molar-refractivity contribution is 0.0696. The van der Waals surface area contributed by atoms with E-state index in [4.69, 9.17) is 5.11 Å². The van der Waals surface area contributed by atoms with Crippen LogP contribution < -0.4 is 10.3 Å². The van der Waals surface area contributed by atoms with Gasteiger partial charge in [-0.25, -0.2) is 13.2 Å². The van der Waals surface area contributed by atoms with Crippen LogP contribution in [-0.2, 0) is 16.6 Å². The molecule has 3 aromatic rings. The first-order valence-electron chi connectivity index (χ1n) is 8.37. The number of pyridine rings is 1. The Kier molecular flexibility index (Phi) is 5.32. The van der Waals surface area contributed by atoms with E-state index in [0.29, 0.717) is 17.8 Å². The zero-order chi connectivity index (χ0) is 20.3. The smallest absolute Gasteiger partial charge is 0.335 e. The van der Waals surface area contributed by atoms with Crippen molar-refractivity contribution in [1.29, 1.82) is 0 Å². The highest BCUT2D eigenvalue weighted by Crippen LogP contribution is 2.21. The number of sulfonamides is 1. The predicted molar refractivity (Wildman–Crippen MR) is 105 cm³/mol. The van der Waals surface area contributed by atoms with Crippen molar-refractivity contribution in [1.82, 2.24) is 4.57 Å². The van der Waals surface area contributed by atoms with E-state index in [1.54, 1.807) is 54.1 Å². The highest BCUT2D eigenvalue weighted by atomic mass is 32.2. The Hall–Kier alpha value is -3.39. The van der Waals surface area contributed by atoms with Crippen molar-refractivity contribution in [3.63, 3.8) is 0 Å². The summed E-state index contributed by atoms with van der Waals surface area (Å²) in [6.45, 7) is 1.97. The van der Waals surface area contributed by atoms with Gasteiger partial charge in [-0.2, -0.15) is 0 Å². The van der Waals surface area contributed by atoms with Gasteiger partial charge in [0.2, 0.25) is 0 Å². The lowest BCUT2D eigenvalue weighted by atomic mass is 10.1. The molecule has 0 saturated heterocycles. The average molecular weight is 398 g/mol. The molecule has 0 fully saturated rings. The minimum absolute atomic E-state index is 0.0904. The first-order valence-corrected chi connectivity index (χ1v) is 9.86. The molecule has 28 heavy (non-hydrogen) atoms. The summed E-state index contributed by atoms with van der Waals surface area (Å²) in [5, 5.41) is 9.09. The maximum absolute atomic E-state index is 12.7. The second-order valence-corrected chi connectivity index (χ2v) is 7.91. The van der Waals surface area contributed by atoms with Crippen LogP contribution in [0, 0.1) is 6.92 Å². The number of hydrogen-bond donors (Lipinski definition) is 2. The van der Waals surface area contributed by atoms with E-state index < -0.39 is 16.0 Å². The lowest BCUT2D eigenvalue weighted by Gasteiger charge is -2.12. The van der Waals surface area contributed by atoms with Crippen LogP contribution in [0.25, 0.3) is 0 Å². The van der Waals surface area contributed by atoms with Crippen LogP contribution in [0.1, 0.15) is 21.5 Å². The van der Waals surface area contributed by atoms with E-state index in [-0.39, 0.29) is 16.0 Å². The number of anilines is 1. The number of nitrogens with zero attached hydrogens (tertiary/aromatic N) is 1. The molecule has 0 bridgehead atoms. The minimum atomic E-state index is -3.95. The third-order valence-corrected chi connectivity index (χ3v) is 5.71. The number of benzene rings is 2. The highest BCUT2D eigenvalue weighted by molar-refractivity contribution is 7.92. The van der Waals surface area contributed by atoms with E-state index in [9.17, 15) is 18.0 Å². The van der Waals surface area contributed by atoms with Gasteiger partial charge in [0.1, 0.15) is 0 Å². The first-order chi connectivity index (χ1) is 13.3. The molecule has 2 aromatic carbocycles. The Morgan fingerprint density at radius 2 is 1.79 bits per heavy atom. The number of aromatic carboxylic acids is 1. The quantitative estimate of drug-likeness (QED) is 0.664. The van der Waals surface area contributed by atoms with Gasteiger partial charge in [0.25, 0.3) is 15.6 Å². The van der Waals surface area contributed by atoms with Crippen LogP contribution in [-0.4, -0.2) is 24.1 Å². The molecule has 1 heterocycles. The van der Waals surface area contributed by atoms with Crippen molar-refractivity contribution < 1.29 is 18.3 Å². The van der Waals surface area contributed by atoms with Gasteiger partial charge in [-0.15, -0.1) is 0 Å². The van der Waals surface area contributed by atoms with Gasteiger partial charge in [-0.05, 0) is 48.4 Å². The molecule has 3 rings (SSSR count). The third kappa shape index (κ3) is 4.29. The fourth-order valence-corrected chi connectivity index (χ4v) is 4.03. The maximum Gasteiger partial charge on any atom is 0.335 e. The SMILES string of the molecule is Cc1ccc(C(=O)O)cc1S(=O)(=O)Nc1ccc(Cn2ccccc2=O)cc1. The summed E-state index contributed by atoms with van der Waals surface area (Å²) in [6, 6.07) is 15.5. The largest absolute Gasteiger partial charge is 0.478 e. The number of carboxylic acid groups (broad SMARTS) is 1. The van der Waals surface area contributed by atoms with E-state index >= 15 is 0 Å². The molecule has 2 N–H and O–H groups in total. The van der Waals surface area contributed by atoms with Gasteiger partial charge < -0.3 is 9.67 Å². The van der Waals surface area contributed by atoms with E-state index in [1.165, 1.54) is 18.2 Å². The molecule has 0 radical (unpaired) electrons. The predicted octanol–water partition coefficient (Wildman–Crippen LogP) is 2.70. The molecule has 0 aliphatic carbocycles. The monoisotopic (exact) mass is 398 g/mol. The topological polar surface area (TPSA) is 105 Å². The number of nitrogens with one attached hydrogen (secondary N) is 1. The fourth-order valence-electron chi connectivity index (χ4n) is 2.70. The Bertz CT molecular complexity index is 1180. The highest BCUT2D eigenvalue weighted by Gasteiger charge is 2.19. The summed E-state index contributed by atoms with van der Waals surface area (Å²) in [7, 11) is -3.95. The molecule has 0 aliphatic rings. The zero-order valence-electron chi connectivity index (χ0n) is 15.0. The number of carboxylic acids is 1. The molecule has 0 amide bonds. The summed E-state index contributed by atoms with van der Waals surface area (Å²) < 4.78 is 29.3. The van der Waals surface area contributed by atoms with E-state index in [2.05, 4.69) is 4.72 Å². The standard InChI is InChI=1S/C20H18N2O5S/c1-14-5-8-16(20(24)25)12-18(14)28(26,27)21-17-9-6-15(7-10-17)13-22-11-3-2-4-19(22)23/h2-12,21H,13H2,1H3,(H,24,25). The van der Waals surface area contributed by atoms with Crippen LogP contribution in [0.15, 0.2) is 76.6 Å². The molecule has 1 aromatic heterocycles. The minimum Gasteiger partial charge on any atom is -0.478 e. The Labute approximate surface area is 161 Å². The van der Waals surface area contributed by atoms with Gasteiger partial charge in [0, 0.05) is 18.0 Å². The van der Waals surface area contributed by atoms with Crippen molar-refractivity contribution in [2.45, 2.75) is 18.4 Å². The summed E-state index contributed by atoms with van der Waals surface area (Å²) >= 11 is 0. The van der Waals surface area contributed by atoms with Crippen molar-refractivity contribution >= 4 is 21.7 Å². The Balaban J connectivity index is 1.82. The Morgan fingerprint density at radius 1 is 1.07 bits per heavy atom. The molecule has 0 atom stereocenters. The second kappa shape index (κ2) is 7.69. The zero-order valence-corrected chi connectivity index (χ0v) is 15.8. The van der Waals surface area contributed by atoms with Crippen LogP contribution in [0.4, 0.5) is 5.69 Å². The normalized spacial score (nSPS) is 11.2. The Morgan fingerprint density at radius 3 is 2.43 bits per heavy atom.